The lowest BCUT2D eigenvalue weighted by atomic mass is 9.89. The molecule has 5 nitrogen and oxygen atoms in total. The van der Waals surface area contributed by atoms with Crippen molar-refractivity contribution >= 4 is 21.8 Å². The Bertz CT molecular complexity index is 806. The SMILES string of the molecule is COc1cc(C(=O)NC(C)C2(c3ccc(Br)cc3)CC2)cc(OC)c1OC. The molecular formula is C21H24BrNO4. The predicted molar refractivity (Wildman–Crippen MR) is 108 cm³/mol. The zero-order chi connectivity index (χ0) is 19.6. The third-order valence-corrected chi connectivity index (χ3v) is 5.84. The monoisotopic (exact) mass is 433 g/mol. The minimum absolute atomic E-state index is 0.00297. The Balaban J connectivity index is 1.82. The van der Waals surface area contributed by atoms with Gasteiger partial charge in [0.15, 0.2) is 11.5 Å². The van der Waals surface area contributed by atoms with Gasteiger partial charge in [0, 0.05) is 21.5 Å². The van der Waals surface area contributed by atoms with Crippen molar-refractivity contribution in [2.45, 2.75) is 31.2 Å². The highest BCUT2D eigenvalue weighted by Crippen LogP contribution is 2.51. The Morgan fingerprint density at radius 2 is 1.59 bits per heavy atom. The van der Waals surface area contributed by atoms with Crippen LogP contribution in [0.5, 0.6) is 17.2 Å². The van der Waals surface area contributed by atoms with Crippen molar-refractivity contribution in [2.75, 3.05) is 21.3 Å². The van der Waals surface area contributed by atoms with Gasteiger partial charge in [-0.25, -0.2) is 0 Å². The number of amides is 1. The molecule has 0 radical (unpaired) electrons. The summed E-state index contributed by atoms with van der Waals surface area (Å²) in [6, 6.07) is 11.7. The van der Waals surface area contributed by atoms with Crippen molar-refractivity contribution in [3.05, 3.63) is 52.0 Å². The average Bonchev–Trinajstić information content (AvgIpc) is 3.49. The summed E-state index contributed by atoms with van der Waals surface area (Å²) in [5.41, 5.74) is 1.73. The first-order valence-corrected chi connectivity index (χ1v) is 9.61. The smallest absolute Gasteiger partial charge is 0.251 e. The number of halogens is 1. The van der Waals surface area contributed by atoms with Crippen LogP contribution in [0.3, 0.4) is 0 Å². The molecule has 1 atom stereocenters. The van der Waals surface area contributed by atoms with E-state index in [1.807, 2.05) is 12.1 Å². The van der Waals surface area contributed by atoms with Crippen LogP contribution < -0.4 is 19.5 Å². The van der Waals surface area contributed by atoms with Crippen LogP contribution in [0.15, 0.2) is 40.9 Å². The Hall–Kier alpha value is -2.21. The topological polar surface area (TPSA) is 56.8 Å². The molecule has 1 fully saturated rings. The zero-order valence-electron chi connectivity index (χ0n) is 16.0. The molecule has 1 N–H and O–H groups in total. The first kappa shape index (κ1) is 19.5. The van der Waals surface area contributed by atoms with Gasteiger partial charge in [-0.1, -0.05) is 28.1 Å². The molecule has 0 heterocycles. The number of methoxy groups -OCH3 is 3. The van der Waals surface area contributed by atoms with E-state index in [1.54, 1.807) is 12.1 Å². The summed E-state index contributed by atoms with van der Waals surface area (Å²) in [4.78, 5) is 12.9. The van der Waals surface area contributed by atoms with E-state index < -0.39 is 0 Å². The van der Waals surface area contributed by atoms with Crippen LogP contribution in [-0.4, -0.2) is 33.3 Å². The molecule has 144 valence electrons. The first-order valence-electron chi connectivity index (χ1n) is 8.82. The molecule has 2 aromatic carbocycles. The second kappa shape index (κ2) is 7.80. The molecule has 3 rings (SSSR count). The summed E-state index contributed by atoms with van der Waals surface area (Å²) in [7, 11) is 4.61. The second-order valence-corrected chi connectivity index (χ2v) is 7.69. The van der Waals surface area contributed by atoms with Crippen molar-refractivity contribution in [3.63, 3.8) is 0 Å². The molecule has 1 aliphatic carbocycles. The third kappa shape index (κ3) is 3.76. The molecule has 2 aromatic rings. The number of hydrogen-bond acceptors (Lipinski definition) is 4. The molecule has 0 spiro atoms. The van der Waals surface area contributed by atoms with Crippen LogP contribution in [-0.2, 0) is 5.41 Å². The highest BCUT2D eigenvalue weighted by molar-refractivity contribution is 9.10. The van der Waals surface area contributed by atoms with Gasteiger partial charge in [-0.05, 0) is 49.6 Å². The summed E-state index contributed by atoms with van der Waals surface area (Å²) in [5, 5.41) is 3.15. The van der Waals surface area contributed by atoms with Gasteiger partial charge >= 0.3 is 0 Å². The second-order valence-electron chi connectivity index (χ2n) is 6.77. The molecule has 1 aliphatic rings. The normalized spacial score (nSPS) is 15.6. The minimum Gasteiger partial charge on any atom is -0.493 e. The number of carbonyl (C=O) groups excluding carboxylic acids is 1. The highest BCUT2D eigenvalue weighted by Gasteiger charge is 2.49. The van der Waals surface area contributed by atoms with Crippen LogP contribution in [0.1, 0.15) is 35.7 Å². The molecule has 1 amide bonds. The van der Waals surface area contributed by atoms with E-state index >= 15 is 0 Å². The maximum atomic E-state index is 12.9. The maximum Gasteiger partial charge on any atom is 0.251 e. The van der Waals surface area contributed by atoms with E-state index in [0.29, 0.717) is 22.8 Å². The van der Waals surface area contributed by atoms with Crippen LogP contribution >= 0.6 is 15.9 Å². The summed E-state index contributed by atoms with van der Waals surface area (Å²) < 4.78 is 17.1. The van der Waals surface area contributed by atoms with E-state index in [1.165, 1.54) is 26.9 Å². The van der Waals surface area contributed by atoms with Gasteiger partial charge in [-0.15, -0.1) is 0 Å². The van der Waals surface area contributed by atoms with Crippen molar-refractivity contribution in [1.29, 1.82) is 0 Å². The molecule has 6 heteroatoms. The van der Waals surface area contributed by atoms with Gasteiger partial charge < -0.3 is 19.5 Å². The molecule has 1 unspecified atom stereocenters. The predicted octanol–water partition coefficient (Wildman–Crippen LogP) is 4.33. The highest BCUT2D eigenvalue weighted by atomic mass is 79.9. The van der Waals surface area contributed by atoms with Gasteiger partial charge in [0.05, 0.1) is 21.3 Å². The average molecular weight is 434 g/mol. The van der Waals surface area contributed by atoms with Gasteiger partial charge in [-0.2, -0.15) is 0 Å². The van der Waals surface area contributed by atoms with Crippen molar-refractivity contribution in [1.82, 2.24) is 5.32 Å². The van der Waals surface area contributed by atoms with E-state index in [2.05, 4.69) is 40.3 Å². The molecule has 27 heavy (non-hydrogen) atoms. The Kier molecular flexibility index (Phi) is 5.65. The number of benzene rings is 2. The zero-order valence-corrected chi connectivity index (χ0v) is 17.6. The number of rotatable bonds is 7. The van der Waals surface area contributed by atoms with Gasteiger partial charge in [0.2, 0.25) is 5.75 Å². The van der Waals surface area contributed by atoms with Crippen LogP contribution in [0.25, 0.3) is 0 Å². The fraction of sp³-hybridized carbons (Fsp3) is 0.381. The molecule has 0 bridgehead atoms. The van der Waals surface area contributed by atoms with E-state index in [0.717, 1.165) is 17.3 Å². The number of nitrogens with one attached hydrogen (secondary N) is 1. The molecule has 0 saturated heterocycles. The molecule has 1 saturated carbocycles. The van der Waals surface area contributed by atoms with Gasteiger partial charge in [0.1, 0.15) is 0 Å². The lowest BCUT2D eigenvalue weighted by Gasteiger charge is -2.25. The number of hydrogen-bond donors (Lipinski definition) is 1. The maximum absolute atomic E-state index is 12.9. The Labute approximate surface area is 168 Å². The first-order chi connectivity index (χ1) is 12.9. The van der Waals surface area contributed by atoms with Crippen molar-refractivity contribution in [3.8, 4) is 17.2 Å². The Morgan fingerprint density at radius 1 is 1.04 bits per heavy atom. The fourth-order valence-corrected chi connectivity index (χ4v) is 3.78. The number of carbonyl (C=O) groups is 1. The minimum atomic E-state index is -0.162. The summed E-state index contributed by atoms with van der Waals surface area (Å²) in [5.74, 6) is 1.23. The van der Waals surface area contributed by atoms with E-state index in [4.69, 9.17) is 14.2 Å². The van der Waals surface area contributed by atoms with Crippen LogP contribution in [0.2, 0.25) is 0 Å². The molecule has 0 aliphatic heterocycles. The summed E-state index contributed by atoms with van der Waals surface area (Å²) >= 11 is 3.48. The van der Waals surface area contributed by atoms with Gasteiger partial charge in [0.25, 0.3) is 5.91 Å². The lowest BCUT2D eigenvalue weighted by Crippen LogP contribution is -2.41. The summed E-state index contributed by atoms with van der Waals surface area (Å²) in [6.45, 7) is 2.06. The fourth-order valence-electron chi connectivity index (χ4n) is 3.52. The van der Waals surface area contributed by atoms with E-state index in [-0.39, 0.29) is 17.4 Å². The largest absolute Gasteiger partial charge is 0.493 e. The summed E-state index contributed by atoms with van der Waals surface area (Å²) in [6.07, 6.45) is 2.12. The van der Waals surface area contributed by atoms with Crippen molar-refractivity contribution < 1.29 is 19.0 Å². The van der Waals surface area contributed by atoms with E-state index in [9.17, 15) is 4.79 Å². The van der Waals surface area contributed by atoms with Crippen LogP contribution in [0.4, 0.5) is 0 Å². The standard InChI is InChI=1S/C21H24BrNO4/c1-13(21(9-10-21)15-5-7-16(22)8-6-15)23-20(24)14-11-17(25-2)19(27-4)18(12-14)26-3/h5-8,11-13H,9-10H2,1-4H3,(H,23,24). The quantitative estimate of drug-likeness (QED) is 0.705. The third-order valence-electron chi connectivity index (χ3n) is 5.31. The Morgan fingerprint density at radius 3 is 2.04 bits per heavy atom. The molecular weight excluding hydrogens is 410 g/mol. The van der Waals surface area contributed by atoms with Gasteiger partial charge in [-0.3, -0.25) is 4.79 Å². The van der Waals surface area contributed by atoms with Crippen LogP contribution in [0, 0.1) is 0 Å². The number of ether oxygens (including phenoxy) is 3. The lowest BCUT2D eigenvalue weighted by molar-refractivity contribution is 0.0931. The molecule has 0 aromatic heterocycles. The van der Waals surface area contributed by atoms with Crippen molar-refractivity contribution in [2.24, 2.45) is 0 Å².